The van der Waals surface area contributed by atoms with Gasteiger partial charge in [0.2, 0.25) is 0 Å². The van der Waals surface area contributed by atoms with Gasteiger partial charge in [0.15, 0.2) is 0 Å². The monoisotopic (exact) mass is 259 g/mol. The Bertz CT molecular complexity index is 427. The molecule has 0 heterocycles. The van der Waals surface area contributed by atoms with Crippen LogP contribution in [0.2, 0.25) is 0 Å². The number of aryl methyl sites for hydroxylation is 2. The predicted molar refractivity (Wildman–Crippen MR) is 83.0 cm³/mol. The summed E-state index contributed by atoms with van der Waals surface area (Å²) in [5.74, 6) is 1.03. The van der Waals surface area contributed by atoms with Crippen LogP contribution in [0, 0.1) is 20.8 Å². The maximum absolute atomic E-state index is 5.96. The number of hydrogen-bond donors (Lipinski definition) is 0. The van der Waals surface area contributed by atoms with Gasteiger partial charge in [-0.2, -0.15) is 0 Å². The quantitative estimate of drug-likeness (QED) is 0.661. The van der Waals surface area contributed by atoms with Crippen molar-refractivity contribution in [3.8, 4) is 5.75 Å². The molecule has 0 amide bonds. The van der Waals surface area contributed by atoms with Crippen LogP contribution in [0.15, 0.2) is 37.4 Å². The highest BCUT2D eigenvalue weighted by Crippen LogP contribution is 2.25. The molecule has 0 aromatic heterocycles. The van der Waals surface area contributed by atoms with Crippen LogP contribution in [0.25, 0.3) is 0 Å². The number of rotatable bonds is 8. The van der Waals surface area contributed by atoms with Gasteiger partial charge in [-0.05, 0) is 37.5 Å². The average molecular weight is 259 g/mol. The molecule has 0 saturated carbocycles. The minimum atomic E-state index is 0.687. The third-order valence-electron chi connectivity index (χ3n) is 3.30. The Morgan fingerprint density at radius 3 is 2.21 bits per heavy atom. The zero-order valence-corrected chi connectivity index (χ0v) is 12.4. The molecule has 2 heteroatoms. The molecule has 0 spiro atoms. The lowest BCUT2D eigenvalue weighted by atomic mass is 10.1. The van der Waals surface area contributed by atoms with E-state index in [0.29, 0.717) is 6.61 Å². The molecular weight excluding hydrogens is 234 g/mol. The molecule has 0 atom stereocenters. The van der Waals surface area contributed by atoms with Crippen molar-refractivity contribution in [2.24, 2.45) is 0 Å². The molecule has 0 bridgehead atoms. The minimum Gasteiger partial charge on any atom is -0.492 e. The summed E-state index contributed by atoms with van der Waals surface area (Å²) in [6.07, 6.45) is 3.82. The Kier molecular flexibility index (Phi) is 6.37. The third-order valence-corrected chi connectivity index (χ3v) is 3.30. The van der Waals surface area contributed by atoms with Crippen LogP contribution < -0.4 is 4.74 Å². The first-order chi connectivity index (χ1) is 9.10. The van der Waals surface area contributed by atoms with Crippen LogP contribution in [0.3, 0.4) is 0 Å². The summed E-state index contributed by atoms with van der Waals surface area (Å²) in [5.41, 5.74) is 3.70. The van der Waals surface area contributed by atoms with Crippen LogP contribution in [0.4, 0.5) is 0 Å². The van der Waals surface area contributed by atoms with Gasteiger partial charge in [0, 0.05) is 19.6 Å². The highest BCUT2D eigenvalue weighted by Gasteiger charge is 2.07. The van der Waals surface area contributed by atoms with Gasteiger partial charge >= 0.3 is 0 Å². The number of nitrogens with zero attached hydrogens (tertiary/aromatic N) is 1. The summed E-state index contributed by atoms with van der Waals surface area (Å²) in [7, 11) is 0. The molecule has 0 radical (unpaired) electrons. The van der Waals surface area contributed by atoms with E-state index in [1.54, 1.807) is 0 Å². The van der Waals surface area contributed by atoms with E-state index in [2.05, 4.69) is 51.0 Å². The van der Waals surface area contributed by atoms with E-state index in [9.17, 15) is 0 Å². The van der Waals surface area contributed by atoms with Crippen molar-refractivity contribution in [1.82, 2.24) is 4.90 Å². The molecule has 0 saturated heterocycles. The Morgan fingerprint density at radius 2 is 1.63 bits per heavy atom. The van der Waals surface area contributed by atoms with E-state index in [1.165, 1.54) is 16.7 Å². The van der Waals surface area contributed by atoms with Gasteiger partial charge in [0.05, 0.1) is 0 Å². The Hall–Kier alpha value is -1.54. The topological polar surface area (TPSA) is 12.5 Å². The maximum Gasteiger partial charge on any atom is 0.125 e. The summed E-state index contributed by atoms with van der Waals surface area (Å²) < 4.78 is 5.96. The zero-order valence-electron chi connectivity index (χ0n) is 12.4. The van der Waals surface area contributed by atoms with E-state index < -0.39 is 0 Å². The second-order valence-corrected chi connectivity index (χ2v) is 4.84. The van der Waals surface area contributed by atoms with Gasteiger partial charge in [0.25, 0.3) is 0 Å². The predicted octanol–water partition coefficient (Wildman–Crippen LogP) is 3.66. The fourth-order valence-corrected chi connectivity index (χ4v) is 2.05. The SMILES string of the molecule is C=CCN(CC=C)CCOc1c(C)ccc(C)c1C. The van der Waals surface area contributed by atoms with E-state index in [0.717, 1.165) is 25.4 Å². The highest BCUT2D eigenvalue weighted by atomic mass is 16.5. The first-order valence-electron chi connectivity index (χ1n) is 6.74. The van der Waals surface area contributed by atoms with Crippen LogP contribution in [-0.2, 0) is 0 Å². The molecule has 104 valence electrons. The van der Waals surface area contributed by atoms with Gasteiger partial charge in [0.1, 0.15) is 12.4 Å². The first-order valence-corrected chi connectivity index (χ1v) is 6.74. The van der Waals surface area contributed by atoms with E-state index >= 15 is 0 Å². The molecule has 1 aromatic rings. The van der Waals surface area contributed by atoms with Crippen molar-refractivity contribution in [2.45, 2.75) is 20.8 Å². The van der Waals surface area contributed by atoms with Crippen LogP contribution >= 0.6 is 0 Å². The summed E-state index contributed by atoms with van der Waals surface area (Å²) >= 11 is 0. The van der Waals surface area contributed by atoms with Gasteiger partial charge in [-0.15, -0.1) is 13.2 Å². The smallest absolute Gasteiger partial charge is 0.125 e. The second kappa shape index (κ2) is 7.80. The average Bonchev–Trinajstić information content (AvgIpc) is 2.38. The molecule has 1 aromatic carbocycles. The lowest BCUT2D eigenvalue weighted by Gasteiger charge is -2.20. The minimum absolute atomic E-state index is 0.687. The van der Waals surface area contributed by atoms with Crippen molar-refractivity contribution in [3.63, 3.8) is 0 Å². The van der Waals surface area contributed by atoms with Gasteiger partial charge in [-0.1, -0.05) is 24.3 Å². The lowest BCUT2D eigenvalue weighted by molar-refractivity contribution is 0.234. The Balaban J connectivity index is 2.59. The van der Waals surface area contributed by atoms with Crippen molar-refractivity contribution in [2.75, 3.05) is 26.2 Å². The number of benzene rings is 1. The molecular formula is C17H25NO. The van der Waals surface area contributed by atoms with Gasteiger partial charge in [-0.25, -0.2) is 0 Å². The van der Waals surface area contributed by atoms with Crippen LogP contribution in [-0.4, -0.2) is 31.1 Å². The first kappa shape index (κ1) is 15.5. The molecule has 0 aliphatic heterocycles. The molecule has 0 unspecified atom stereocenters. The van der Waals surface area contributed by atoms with Crippen molar-refractivity contribution in [3.05, 3.63) is 54.1 Å². The molecule has 0 N–H and O–H groups in total. The second-order valence-electron chi connectivity index (χ2n) is 4.84. The van der Waals surface area contributed by atoms with E-state index in [-0.39, 0.29) is 0 Å². The van der Waals surface area contributed by atoms with Crippen molar-refractivity contribution < 1.29 is 4.74 Å². The molecule has 0 aliphatic carbocycles. The van der Waals surface area contributed by atoms with E-state index in [1.807, 2.05) is 12.2 Å². The van der Waals surface area contributed by atoms with E-state index in [4.69, 9.17) is 4.74 Å². The molecule has 2 nitrogen and oxygen atoms in total. The number of ether oxygens (including phenoxy) is 1. The summed E-state index contributed by atoms with van der Waals surface area (Å²) in [6.45, 7) is 17.2. The standard InChI is InChI=1S/C17H25NO/c1-6-10-18(11-7-2)12-13-19-17-15(4)9-8-14(3)16(17)5/h6-9H,1-2,10-13H2,3-5H3. The van der Waals surface area contributed by atoms with Crippen molar-refractivity contribution in [1.29, 1.82) is 0 Å². The Labute approximate surface area is 117 Å². The fraction of sp³-hybridized carbons (Fsp3) is 0.412. The lowest BCUT2D eigenvalue weighted by Crippen LogP contribution is -2.29. The summed E-state index contributed by atoms with van der Waals surface area (Å²) in [6, 6.07) is 4.25. The number of hydrogen-bond acceptors (Lipinski definition) is 2. The van der Waals surface area contributed by atoms with Crippen molar-refractivity contribution >= 4 is 0 Å². The highest BCUT2D eigenvalue weighted by molar-refractivity contribution is 5.44. The summed E-state index contributed by atoms with van der Waals surface area (Å²) in [4.78, 5) is 2.25. The molecule has 0 aliphatic rings. The van der Waals surface area contributed by atoms with Crippen LogP contribution in [0.5, 0.6) is 5.75 Å². The van der Waals surface area contributed by atoms with Gasteiger partial charge in [-0.3, -0.25) is 4.90 Å². The molecule has 0 fully saturated rings. The summed E-state index contributed by atoms with van der Waals surface area (Å²) in [5, 5.41) is 0. The maximum atomic E-state index is 5.96. The normalized spacial score (nSPS) is 10.5. The molecule has 1 rings (SSSR count). The third kappa shape index (κ3) is 4.56. The largest absolute Gasteiger partial charge is 0.492 e. The van der Waals surface area contributed by atoms with Gasteiger partial charge < -0.3 is 4.74 Å². The zero-order chi connectivity index (χ0) is 14.3. The fourth-order valence-electron chi connectivity index (χ4n) is 2.05. The molecule has 19 heavy (non-hydrogen) atoms. The van der Waals surface area contributed by atoms with Crippen LogP contribution in [0.1, 0.15) is 16.7 Å². The Morgan fingerprint density at radius 1 is 1.05 bits per heavy atom.